The quantitative estimate of drug-likeness (QED) is 0.315. The number of aromatic nitrogens is 1. The summed E-state index contributed by atoms with van der Waals surface area (Å²) in [5.74, 6) is 0.205. The van der Waals surface area contributed by atoms with Crippen molar-refractivity contribution in [3.05, 3.63) is 65.5 Å². The molecule has 6 heteroatoms. The van der Waals surface area contributed by atoms with Crippen LogP contribution >= 0.6 is 0 Å². The fourth-order valence-electron chi connectivity index (χ4n) is 5.31. The first-order chi connectivity index (χ1) is 18.3. The molecule has 1 amide bonds. The summed E-state index contributed by atoms with van der Waals surface area (Å²) in [6.45, 7) is 12.0. The van der Waals surface area contributed by atoms with Gasteiger partial charge in [-0.25, -0.2) is 9.78 Å². The number of amides is 1. The Morgan fingerprint density at radius 3 is 2.08 bits per heavy atom. The number of pyridine rings is 1. The molecule has 0 aliphatic heterocycles. The second-order valence-electron chi connectivity index (χ2n) is 13.0. The molecule has 1 aliphatic carbocycles. The number of aliphatic carboxylic acids is 1. The highest BCUT2D eigenvalue weighted by molar-refractivity contribution is 5.99. The van der Waals surface area contributed by atoms with Crippen LogP contribution in [0.15, 0.2) is 48.5 Å². The van der Waals surface area contributed by atoms with Gasteiger partial charge in [0.1, 0.15) is 23.2 Å². The third-order valence-electron chi connectivity index (χ3n) is 7.65. The van der Waals surface area contributed by atoms with Crippen molar-refractivity contribution in [3.8, 4) is 11.5 Å². The summed E-state index contributed by atoms with van der Waals surface area (Å²) < 4.78 is 6.24. The molecule has 0 bridgehead atoms. The summed E-state index contributed by atoms with van der Waals surface area (Å²) in [6.07, 6.45) is 6.72. The number of carboxylic acid groups (broad SMARTS) is 1. The Morgan fingerprint density at radius 2 is 1.51 bits per heavy atom. The standard InChI is InChI=1S/C33H42N2O4/c1-32(2,3)23-14-17-24(18-15-23)39-25-16-13-22-19-27(30(36)35-29(31(37)38)33(4,5)6)34-28(26(22)20-25)21-11-9-7-8-10-12-21/h13-21,29H,7-12H2,1-6H3,(H,35,36)(H,37,38)/t29-/m1/s1. The van der Waals surface area contributed by atoms with Crippen molar-refractivity contribution in [1.29, 1.82) is 0 Å². The van der Waals surface area contributed by atoms with Gasteiger partial charge in [0.15, 0.2) is 0 Å². The number of rotatable bonds is 6. The maximum Gasteiger partial charge on any atom is 0.326 e. The molecule has 0 unspecified atom stereocenters. The van der Waals surface area contributed by atoms with Gasteiger partial charge in [0, 0.05) is 11.3 Å². The van der Waals surface area contributed by atoms with Crippen molar-refractivity contribution in [2.24, 2.45) is 5.41 Å². The minimum atomic E-state index is -1.06. The molecule has 1 aromatic heterocycles. The lowest BCUT2D eigenvalue weighted by molar-refractivity contribution is -0.142. The Hall–Kier alpha value is -3.41. The number of carboxylic acids is 1. The summed E-state index contributed by atoms with van der Waals surface area (Å²) in [6, 6.07) is 14.8. The zero-order valence-corrected chi connectivity index (χ0v) is 24.1. The molecular weight excluding hydrogens is 488 g/mol. The zero-order chi connectivity index (χ0) is 28.4. The number of nitrogens with one attached hydrogen (secondary N) is 1. The van der Waals surface area contributed by atoms with E-state index in [1.54, 1.807) is 26.8 Å². The van der Waals surface area contributed by atoms with Crippen molar-refractivity contribution in [1.82, 2.24) is 10.3 Å². The van der Waals surface area contributed by atoms with Gasteiger partial charge in [0.25, 0.3) is 5.91 Å². The molecule has 1 aliphatic rings. The summed E-state index contributed by atoms with van der Waals surface area (Å²) in [5.41, 5.74) is 1.83. The number of fused-ring (bicyclic) bond motifs is 1. The Balaban J connectivity index is 1.71. The van der Waals surface area contributed by atoms with Gasteiger partial charge in [-0.3, -0.25) is 4.79 Å². The topological polar surface area (TPSA) is 88.5 Å². The van der Waals surface area contributed by atoms with Crippen molar-refractivity contribution >= 4 is 22.6 Å². The number of benzene rings is 2. The summed E-state index contributed by atoms with van der Waals surface area (Å²) in [5, 5.41) is 14.3. The van der Waals surface area contributed by atoms with Crippen LogP contribution in [0.2, 0.25) is 0 Å². The number of hydrogen-bond donors (Lipinski definition) is 2. The van der Waals surface area contributed by atoms with Gasteiger partial charge >= 0.3 is 5.97 Å². The van der Waals surface area contributed by atoms with E-state index < -0.39 is 23.3 Å². The lowest BCUT2D eigenvalue weighted by atomic mass is 9.86. The number of carbonyl (C=O) groups excluding carboxylic acids is 1. The Bertz CT molecular complexity index is 1320. The van der Waals surface area contributed by atoms with E-state index in [-0.39, 0.29) is 17.0 Å². The predicted molar refractivity (Wildman–Crippen MR) is 156 cm³/mol. The maximum absolute atomic E-state index is 13.3. The van der Waals surface area contributed by atoms with Crippen LogP contribution in [0.3, 0.4) is 0 Å². The highest BCUT2D eigenvalue weighted by Crippen LogP contribution is 2.37. The minimum Gasteiger partial charge on any atom is -0.480 e. The SMILES string of the molecule is CC(C)(C)c1ccc(Oc2ccc3cc(C(=O)N[C@H](C(=O)O)C(C)(C)C)nc(C4CCCCCC4)c3c2)cc1. The van der Waals surface area contributed by atoms with Crippen molar-refractivity contribution in [3.63, 3.8) is 0 Å². The molecule has 1 atom stereocenters. The van der Waals surface area contributed by atoms with Gasteiger partial charge < -0.3 is 15.2 Å². The van der Waals surface area contributed by atoms with Crippen LogP contribution in [0.25, 0.3) is 10.8 Å². The normalized spacial score (nSPS) is 15.9. The molecule has 1 fully saturated rings. The van der Waals surface area contributed by atoms with Gasteiger partial charge in [0.05, 0.1) is 5.69 Å². The Morgan fingerprint density at radius 1 is 0.897 bits per heavy atom. The third-order valence-corrected chi connectivity index (χ3v) is 7.65. The van der Waals surface area contributed by atoms with E-state index in [0.717, 1.165) is 53.6 Å². The number of nitrogens with zero attached hydrogens (tertiary/aromatic N) is 1. The molecule has 3 aromatic rings. The van der Waals surface area contributed by atoms with E-state index >= 15 is 0 Å². The van der Waals surface area contributed by atoms with Crippen LogP contribution in [0, 0.1) is 5.41 Å². The monoisotopic (exact) mass is 530 g/mol. The summed E-state index contributed by atoms with van der Waals surface area (Å²) in [7, 11) is 0. The van der Waals surface area contributed by atoms with Crippen LogP contribution in [0.4, 0.5) is 0 Å². The largest absolute Gasteiger partial charge is 0.480 e. The highest BCUT2D eigenvalue weighted by atomic mass is 16.5. The Kier molecular flexibility index (Phi) is 8.34. The van der Waals surface area contributed by atoms with E-state index in [4.69, 9.17) is 9.72 Å². The molecule has 4 rings (SSSR count). The first-order valence-electron chi connectivity index (χ1n) is 14.1. The van der Waals surface area contributed by atoms with E-state index in [0.29, 0.717) is 0 Å². The van der Waals surface area contributed by atoms with Gasteiger partial charge in [0.2, 0.25) is 0 Å². The van der Waals surface area contributed by atoms with Crippen LogP contribution in [0.5, 0.6) is 11.5 Å². The summed E-state index contributed by atoms with van der Waals surface area (Å²) >= 11 is 0. The molecule has 0 spiro atoms. The molecule has 39 heavy (non-hydrogen) atoms. The number of carbonyl (C=O) groups is 2. The molecular formula is C33H42N2O4. The van der Waals surface area contributed by atoms with Gasteiger partial charge in [-0.1, -0.05) is 85.4 Å². The van der Waals surface area contributed by atoms with E-state index in [9.17, 15) is 14.7 Å². The fourth-order valence-corrected chi connectivity index (χ4v) is 5.31. The zero-order valence-electron chi connectivity index (χ0n) is 24.1. The van der Waals surface area contributed by atoms with E-state index in [1.807, 2.05) is 30.3 Å². The van der Waals surface area contributed by atoms with Crippen LogP contribution in [0.1, 0.15) is 108 Å². The van der Waals surface area contributed by atoms with Crippen molar-refractivity contribution in [2.45, 2.75) is 97.4 Å². The number of ether oxygens (including phenoxy) is 1. The fraction of sp³-hybridized carbons (Fsp3) is 0.485. The van der Waals surface area contributed by atoms with Crippen LogP contribution in [-0.2, 0) is 10.2 Å². The average Bonchev–Trinajstić information content (AvgIpc) is 3.15. The van der Waals surface area contributed by atoms with Gasteiger partial charge in [-0.2, -0.15) is 0 Å². The first-order valence-corrected chi connectivity index (χ1v) is 14.1. The van der Waals surface area contributed by atoms with E-state index in [1.165, 1.54) is 18.4 Å². The van der Waals surface area contributed by atoms with Crippen LogP contribution < -0.4 is 10.1 Å². The Labute approximate surface area is 232 Å². The second kappa shape index (κ2) is 11.4. The lowest BCUT2D eigenvalue weighted by Crippen LogP contribution is -2.49. The molecule has 6 nitrogen and oxygen atoms in total. The second-order valence-corrected chi connectivity index (χ2v) is 13.0. The maximum atomic E-state index is 13.3. The molecule has 0 radical (unpaired) electrons. The number of hydrogen-bond acceptors (Lipinski definition) is 4. The minimum absolute atomic E-state index is 0.0716. The lowest BCUT2D eigenvalue weighted by Gasteiger charge is -2.27. The molecule has 208 valence electrons. The average molecular weight is 531 g/mol. The smallest absolute Gasteiger partial charge is 0.326 e. The van der Waals surface area contributed by atoms with E-state index in [2.05, 4.69) is 38.2 Å². The molecule has 1 heterocycles. The molecule has 0 saturated heterocycles. The predicted octanol–water partition coefficient (Wildman–Crippen LogP) is 7.99. The molecule has 2 N–H and O–H groups in total. The van der Waals surface area contributed by atoms with Crippen molar-refractivity contribution < 1.29 is 19.4 Å². The van der Waals surface area contributed by atoms with Crippen LogP contribution in [-0.4, -0.2) is 28.0 Å². The third kappa shape index (κ3) is 6.97. The molecule has 2 aromatic carbocycles. The molecule has 1 saturated carbocycles. The highest BCUT2D eigenvalue weighted by Gasteiger charge is 2.33. The summed E-state index contributed by atoms with van der Waals surface area (Å²) in [4.78, 5) is 30.1. The van der Waals surface area contributed by atoms with Crippen molar-refractivity contribution in [2.75, 3.05) is 0 Å². The van der Waals surface area contributed by atoms with Gasteiger partial charge in [-0.05, 0) is 65.0 Å². The first kappa shape index (κ1) is 28.6. The van der Waals surface area contributed by atoms with Gasteiger partial charge in [-0.15, -0.1) is 0 Å².